The van der Waals surface area contributed by atoms with Gasteiger partial charge >= 0.3 is 5.97 Å². The van der Waals surface area contributed by atoms with Crippen LogP contribution in [0.1, 0.15) is 46.9 Å². The van der Waals surface area contributed by atoms with Crippen molar-refractivity contribution in [2.24, 2.45) is 0 Å². The quantitative estimate of drug-likeness (QED) is 0.463. The molecule has 7 heteroatoms. The molecule has 168 valence electrons. The number of para-hydroxylation sites is 1. The van der Waals surface area contributed by atoms with E-state index in [1.165, 1.54) is 12.1 Å². The molecule has 1 amide bonds. The fourth-order valence-electron chi connectivity index (χ4n) is 5.16. The molecule has 4 aromatic rings. The zero-order valence-electron chi connectivity index (χ0n) is 18.2. The predicted octanol–water partition coefficient (Wildman–Crippen LogP) is 4.79. The summed E-state index contributed by atoms with van der Waals surface area (Å²) in [6.07, 6.45) is 2.34. The third-order valence-electron chi connectivity index (χ3n) is 6.63. The Morgan fingerprint density at radius 1 is 1.15 bits per heavy atom. The van der Waals surface area contributed by atoms with Crippen LogP contribution >= 0.6 is 0 Å². The Kier molecular flexibility index (Phi) is 5.32. The Hall–Kier alpha value is -3.74. The largest absolute Gasteiger partial charge is 0.480 e. The second-order valence-corrected chi connectivity index (χ2v) is 8.71. The molecule has 2 N–H and O–H groups in total. The summed E-state index contributed by atoms with van der Waals surface area (Å²) in [4.78, 5) is 28.7. The highest BCUT2D eigenvalue weighted by atomic mass is 19.1. The summed E-state index contributed by atoms with van der Waals surface area (Å²) in [5, 5.41) is 14.2. The standard InChI is InChI=1S/C26H24FN3O3/c1-15-25(20-13-18(27)8-11-23(20)30(15)14-24(31)32)17-6-9-19(12-17)28-26(33)22-10-7-16-4-2-3-5-21(16)29-22/h2-5,7-8,10-11,13,17,19H,6,9,12,14H2,1H3,(H,28,33)(H,31,32). The summed E-state index contributed by atoms with van der Waals surface area (Å²) in [5.41, 5.74) is 3.70. The average molecular weight is 445 g/mol. The van der Waals surface area contributed by atoms with E-state index in [1.54, 1.807) is 16.7 Å². The minimum Gasteiger partial charge on any atom is -0.480 e. The minimum atomic E-state index is -0.940. The van der Waals surface area contributed by atoms with E-state index in [1.807, 2.05) is 37.3 Å². The van der Waals surface area contributed by atoms with Crippen LogP contribution in [0.5, 0.6) is 0 Å². The number of aromatic nitrogens is 2. The molecule has 6 nitrogen and oxygen atoms in total. The molecule has 33 heavy (non-hydrogen) atoms. The molecule has 2 aromatic carbocycles. The molecule has 1 saturated carbocycles. The van der Waals surface area contributed by atoms with Crippen molar-refractivity contribution in [3.63, 3.8) is 0 Å². The monoisotopic (exact) mass is 445 g/mol. The zero-order chi connectivity index (χ0) is 23.1. The van der Waals surface area contributed by atoms with Crippen molar-refractivity contribution in [2.75, 3.05) is 0 Å². The van der Waals surface area contributed by atoms with E-state index in [0.717, 1.165) is 45.9 Å². The molecule has 2 heterocycles. The average Bonchev–Trinajstić information content (AvgIpc) is 3.35. The molecule has 0 radical (unpaired) electrons. The number of aliphatic carboxylic acids is 1. The molecule has 0 saturated heterocycles. The lowest BCUT2D eigenvalue weighted by Crippen LogP contribution is -2.33. The fraction of sp³-hybridized carbons (Fsp3) is 0.269. The smallest absolute Gasteiger partial charge is 0.323 e. The van der Waals surface area contributed by atoms with Crippen LogP contribution in [0, 0.1) is 12.7 Å². The van der Waals surface area contributed by atoms with Crippen molar-refractivity contribution < 1.29 is 19.1 Å². The number of nitrogens with zero attached hydrogens (tertiary/aromatic N) is 2. The maximum atomic E-state index is 14.1. The summed E-state index contributed by atoms with van der Waals surface area (Å²) < 4.78 is 15.8. The second kappa shape index (κ2) is 8.31. The Morgan fingerprint density at radius 3 is 2.79 bits per heavy atom. The molecule has 2 atom stereocenters. The number of benzene rings is 2. The van der Waals surface area contributed by atoms with Crippen LogP contribution in [0.15, 0.2) is 54.6 Å². The van der Waals surface area contributed by atoms with Gasteiger partial charge in [0.15, 0.2) is 0 Å². The maximum absolute atomic E-state index is 14.1. The van der Waals surface area contributed by atoms with E-state index >= 15 is 0 Å². The highest BCUT2D eigenvalue weighted by Crippen LogP contribution is 2.41. The summed E-state index contributed by atoms with van der Waals surface area (Å²) in [7, 11) is 0. The number of hydrogen-bond donors (Lipinski definition) is 2. The molecule has 1 aliphatic carbocycles. The molecule has 5 rings (SSSR count). The molecule has 0 aliphatic heterocycles. The molecular formula is C26H24FN3O3. The number of carbonyl (C=O) groups is 2. The number of amides is 1. The van der Waals surface area contributed by atoms with Gasteiger partial charge in [-0.3, -0.25) is 9.59 Å². The normalized spacial score (nSPS) is 18.1. The summed E-state index contributed by atoms with van der Waals surface area (Å²) >= 11 is 0. The molecule has 1 aliphatic rings. The lowest BCUT2D eigenvalue weighted by molar-refractivity contribution is -0.137. The van der Waals surface area contributed by atoms with Gasteiger partial charge in [-0.15, -0.1) is 0 Å². The maximum Gasteiger partial charge on any atom is 0.323 e. The first-order chi connectivity index (χ1) is 15.9. The molecular weight excluding hydrogens is 421 g/mol. The Balaban J connectivity index is 1.38. The third kappa shape index (κ3) is 3.95. The Bertz CT molecular complexity index is 1390. The van der Waals surface area contributed by atoms with Crippen LogP contribution < -0.4 is 5.32 Å². The molecule has 0 spiro atoms. The number of pyridine rings is 1. The number of hydrogen-bond acceptors (Lipinski definition) is 3. The lowest BCUT2D eigenvalue weighted by Gasteiger charge is -2.14. The first kappa shape index (κ1) is 21.1. The van der Waals surface area contributed by atoms with Crippen LogP contribution in [-0.2, 0) is 11.3 Å². The number of carbonyl (C=O) groups excluding carboxylic acids is 1. The van der Waals surface area contributed by atoms with Crippen molar-refractivity contribution in [1.29, 1.82) is 0 Å². The van der Waals surface area contributed by atoms with Crippen LogP contribution in [-0.4, -0.2) is 32.6 Å². The third-order valence-corrected chi connectivity index (χ3v) is 6.63. The number of carboxylic acids is 1. The highest BCUT2D eigenvalue weighted by Gasteiger charge is 2.31. The zero-order valence-corrected chi connectivity index (χ0v) is 18.2. The van der Waals surface area contributed by atoms with Crippen molar-refractivity contribution >= 4 is 33.7 Å². The van der Waals surface area contributed by atoms with Gasteiger partial charge in [0.05, 0.1) is 5.52 Å². The van der Waals surface area contributed by atoms with Gasteiger partial charge in [-0.2, -0.15) is 0 Å². The van der Waals surface area contributed by atoms with Gasteiger partial charge < -0.3 is 15.0 Å². The SMILES string of the molecule is Cc1c(C2CCC(NC(=O)c3ccc4ccccc4n3)C2)c2cc(F)ccc2n1CC(=O)O. The molecule has 1 fully saturated rings. The first-order valence-electron chi connectivity index (χ1n) is 11.1. The number of halogens is 1. The van der Waals surface area contributed by atoms with Gasteiger partial charge in [0.25, 0.3) is 5.91 Å². The number of rotatable bonds is 5. The van der Waals surface area contributed by atoms with E-state index in [9.17, 15) is 19.1 Å². The van der Waals surface area contributed by atoms with Gasteiger partial charge in [0.1, 0.15) is 18.1 Å². The van der Waals surface area contributed by atoms with Gasteiger partial charge in [-0.05, 0) is 68.0 Å². The van der Waals surface area contributed by atoms with Crippen LogP contribution in [0.4, 0.5) is 4.39 Å². The number of carboxylic acid groups (broad SMARTS) is 1. The van der Waals surface area contributed by atoms with E-state index < -0.39 is 5.97 Å². The van der Waals surface area contributed by atoms with Crippen LogP contribution in [0.25, 0.3) is 21.8 Å². The van der Waals surface area contributed by atoms with E-state index in [2.05, 4.69) is 10.3 Å². The van der Waals surface area contributed by atoms with Crippen molar-refractivity contribution in [3.05, 3.63) is 77.4 Å². The highest BCUT2D eigenvalue weighted by molar-refractivity contribution is 5.95. The topological polar surface area (TPSA) is 84.2 Å². The number of fused-ring (bicyclic) bond motifs is 2. The van der Waals surface area contributed by atoms with Crippen molar-refractivity contribution in [2.45, 2.75) is 44.7 Å². The van der Waals surface area contributed by atoms with E-state index in [0.29, 0.717) is 12.1 Å². The summed E-state index contributed by atoms with van der Waals surface area (Å²) in [5.74, 6) is -1.38. The first-order valence-corrected chi connectivity index (χ1v) is 11.1. The van der Waals surface area contributed by atoms with Gasteiger partial charge in [0, 0.05) is 28.0 Å². The summed E-state index contributed by atoms with van der Waals surface area (Å²) in [6, 6.07) is 15.8. The summed E-state index contributed by atoms with van der Waals surface area (Å²) in [6.45, 7) is 1.72. The molecule has 2 unspecified atom stereocenters. The van der Waals surface area contributed by atoms with Crippen LogP contribution in [0.2, 0.25) is 0 Å². The van der Waals surface area contributed by atoms with Gasteiger partial charge in [-0.1, -0.05) is 24.3 Å². The fourth-order valence-corrected chi connectivity index (χ4v) is 5.16. The van der Waals surface area contributed by atoms with E-state index in [4.69, 9.17) is 0 Å². The van der Waals surface area contributed by atoms with Gasteiger partial charge in [0.2, 0.25) is 0 Å². The predicted molar refractivity (Wildman–Crippen MR) is 124 cm³/mol. The lowest BCUT2D eigenvalue weighted by atomic mass is 9.94. The second-order valence-electron chi connectivity index (χ2n) is 8.71. The van der Waals surface area contributed by atoms with E-state index in [-0.39, 0.29) is 30.2 Å². The van der Waals surface area contributed by atoms with Crippen LogP contribution in [0.3, 0.4) is 0 Å². The van der Waals surface area contributed by atoms with Crippen molar-refractivity contribution in [1.82, 2.24) is 14.9 Å². The Labute approximate surface area is 190 Å². The number of nitrogens with one attached hydrogen (secondary N) is 1. The van der Waals surface area contributed by atoms with Crippen molar-refractivity contribution in [3.8, 4) is 0 Å². The van der Waals surface area contributed by atoms with Gasteiger partial charge in [-0.25, -0.2) is 9.37 Å². The molecule has 0 bridgehead atoms. The minimum absolute atomic E-state index is 0.0263. The molecule has 2 aromatic heterocycles. The Morgan fingerprint density at radius 2 is 1.97 bits per heavy atom.